The molecule has 0 saturated carbocycles. The Hall–Kier alpha value is -2.10. The summed E-state index contributed by atoms with van der Waals surface area (Å²) in [4.78, 5) is 24.4. The fraction of sp³-hybridized carbons (Fsp3) is 0.231. The Balaban J connectivity index is 2.83. The van der Waals surface area contributed by atoms with Crippen LogP contribution >= 0.6 is 0 Å². The van der Waals surface area contributed by atoms with Gasteiger partial charge in [-0.15, -0.1) is 0 Å². The number of aliphatic carboxylic acids is 1. The molecule has 1 aromatic rings. The molecule has 0 aliphatic heterocycles. The first-order valence-electron chi connectivity index (χ1n) is 5.19. The summed E-state index contributed by atoms with van der Waals surface area (Å²) in [6, 6.07) is 8.67. The third-order valence-electron chi connectivity index (χ3n) is 2.14. The highest BCUT2D eigenvalue weighted by Crippen LogP contribution is 2.10. The standard InChI is InChI=1S/C13H15NO3/c1-14(2)9-11(13(16)17)8-12(15)10-6-4-3-5-7-10/h3-7,9H,8H2,1-2H3,(H,16,17). The van der Waals surface area contributed by atoms with Gasteiger partial charge in [0.25, 0.3) is 0 Å². The number of carbonyl (C=O) groups is 2. The summed E-state index contributed by atoms with van der Waals surface area (Å²) in [5.41, 5.74) is 0.613. The monoisotopic (exact) mass is 233 g/mol. The first-order valence-corrected chi connectivity index (χ1v) is 5.19. The van der Waals surface area contributed by atoms with Crippen molar-refractivity contribution >= 4 is 11.8 Å². The molecular weight excluding hydrogens is 218 g/mol. The molecule has 0 aliphatic carbocycles. The SMILES string of the molecule is CN(C)C=C(CC(=O)c1ccccc1)C(=O)O. The van der Waals surface area contributed by atoms with Crippen LogP contribution in [0.3, 0.4) is 0 Å². The number of carboxylic acids is 1. The second-order valence-electron chi connectivity index (χ2n) is 3.89. The van der Waals surface area contributed by atoms with Crippen molar-refractivity contribution in [2.24, 2.45) is 0 Å². The number of rotatable bonds is 5. The number of ketones is 1. The lowest BCUT2D eigenvalue weighted by Crippen LogP contribution is -2.12. The molecule has 4 nitrogen and oxygen atoms in total. The smallest absolute Gasteiger partial charge is 0.333 e. The van der Waals surface area contributed by atoms with E-state index in [0.717, 1.165) is 0 Å². The lowest BCUT2D eigenvalue weighted by molar-refractivity contribution is -0.132. The van der Waals surface area contributed by atoms with Crippen molar-refractivity contribution in [2.75, 3.05) is 14.1 Å². The fourth-order valence-electron chi connectivity index (χ4n) is 1.39. The number of nitrogens with zero attached hydrogens (tertiary/aromatic N) is 1. The summed E-state index contributed by atoms with van der Waals surface area (Å²) in [7, 11) is 3.44. The largest absolute Gasteiger partial charge is 0.478 e. The number of carboxylic acid groups (broad SMARTS) is 1. The molecule has 0 fully saturated rings. The van der Waals surface area contributed by atoms with Crippen molar-refractivity contribution in [3.05, 3.63) is 47.7 Å². The van der Waals surface area contributed by atoms with Gasteiger partial charge in [-0.1, -0.05) is 30.3 Å². The molecule has 0 bridgehead atoms. The van der Waals surface area contributed by atoms with Gasteiger partial charge in [0.15, 0.2) is 5.78 Å². The summed E-state index contributed by atoms with van der Waals surface area (Å²) < 4.78 is 0. The normalized spacial score (nSPS) is 11.1. The van der Waals surface area contributed by atoms with E-state index >= 15 is 0 Å². The summed E-state index contributed by atoms with van der Waals surface area (Å²) >= 11 is 0. The van der Waals surface area contributed by atoms with E-state index in [4.69, 9.17) is 5.11 Å². The van der Waals surface area contributed by atoms with Crippen molar-refractivity contribution in [3.63, 3.8) is 0 Å². The quantitative estimate of drug-likeness (QED) is 0.622. The maximum atomic E-state index is 11.8. The molecular formula is C13H15NO3. The Labute approximate surface area is 100 Å². The molecule has 0 amide bonds. The number of benzene rings is 1. The van der Waals surface area contributed by atoms with Crippen LogP contribution in [0, 0.1) is 0 Å². The van der Waals surface area contributed by atoms with Crippen LogP contribution in [0.2, 0.25) is 0 Å². The maximum Gasteiger partial charge on any atom is 0.333 e. The summed E-state index contributed by atoms with van der Waals surface area (Å²) in [5, 5.41) is 8.97. The maximum absolute atomic E-state index is 11.8. The van der Waals surface area contributed by atoms with Crippen molar-refractivity contribution in [1.29, 1.82) is 0 Å². The van der Waals surface area contributed by atoms with Crippen molar-refractivity contribution < 1.29 is 14.7 Å². The van der Waals surface area contributed by atoms with E-state index in [2.05, 4.69) is 0 Å². The molecule has 0 heterocycles. The van der Waals surface area contributed by atoms with E-state index in [0.29, 0.717) is 5.56 Å². The number of carbonyl (C=O) groups excluding carboxylic acids is 1. The molecule has 0 aliphatic rings. The lowest BCUT2D eigenvalue weighted by Gasteiger charge is -2.08. The molecule has 1 rings (SSSR count). The summed E-state index contributed by atoms with van der Waals surface area (Å²) in [5.74, 6) is -1.26. The molecule has 17 heavy (non-hydrogen) atoms. The third-order valence-corrected chi connectivity index (χ3v) is 2.14. The van der Waals surface area contributed by atoms with Gasteiger partial charge in [-0.05, 0) is 0 Å². The zero-order valence-electron chi connectivity index (χ0n) is 9.88. The molecule has 0 atom stereocenters. The minimum absolute atomic E-state index is 0.0869. The summed E-state index contributed by atoms with van der Waals surface area (Å²) in [6.45, 7) is 0. The van der Waals surface area contributed by atoms with E-state index in [9.17, 15) is 9.59 Å². The Morgan fingerprint density at radius 2 is 1.82 bits per heavy atom. The Morgan fingerprint density at radius 3 is 2.29 bits per heavy atom. The Kier molecular flexibility index (Phi) is 4.46. The molecule has 1 N–H and O–H groups in total. The Morgan fingerprint density at radius 1 is 1.24 bits per heavy atom. The molecule has 4 heteroatoms. The van der Waals surface area contributed by atoms with Crippen LogP contribution in [0.15, 0.2) is 42.1 Å². The molecule has 1 aromatic carbocycles. The van der Waals surface area contributed by atoms with Gasteiger partial charge in [0.2, 0.25) is 0 Å². The highest BCUT2D eigenvalue weighted by Gasteiger charge is 2.14. The van der Waals surface area contributed by atoms with Gasteiger partial charge >= 0.3 is 5.97 Å². The molecule has 0 aromatic heterocycles. The highest BCUT2D eigenvalue weighted by molar-refractivity contribution is 6.02. The van der Waals surface area contributed by atoms with Crippen molar-refractivity contribution in [1.82, 2.24) is 4.90 Å². The first-order chi connectivity index (χ1) is 8.00. The van der Waals surface area contributed by atoms with Crippen LogP contribution in [0.1, 0.15) is 16.8 Å². The minimum Gasteiger partial charge on any atom is -0.478 e. The van der Waals surface area contributed by atoms with Crippen LogP contribution < -0.4 is 0 Å². The van der Waals surface area contributed by atoms with Gasteiger partial charge in [-0.3, -0.25) is 4.79 Å². The van der Waals surface area contributed by atoms with Crippen LogP contribution in [0.4, 0.5) is 0 Å². The first kappa shape index (κ1) is 13.0. The van der Waals surface area contributed by atoms with Crippen LogP contribution in [0.5, 0.6) is 0 Å². The van der Waals surface area contributed by atoms with Crippen LogP contribution in [-0.4, -0.2) is 35.9 Å². The average Bonchev–Trinajstić information content (AvgIpc) is 2.28. The number of Topliss-reactive ketones (excluding diaryl/α,β-unsaturated/α-hetero) is 1. The van der Waals surface area contributed by atoms with Crippen LogP contribution in [-0.2, 0) is 4.79 Å². The zero-order chi connectivity index (χ0) is 12.8. The second kappa shape index (κ2) is 5.84. The van der Waals surface area contributed by atoms with Crippen molar-refractivity contribution in [2.45, 2.75) is 6.42 Å². The van der Waals surface area contributed by atoms with Crippen molar-refractivity contribution in [3.8, 4) is 0 Å². The molecule has 0 spiro atoms. The third kappa shape index (κ3) is 4.10. The number of hydrogen-bond acceptors (Lipinski definition) is 3. The molecule has 0 saturated heterocycles. The predicted molar refractivity (Wildman–Crippen MR) is 64.8 cm³/mol. The van der Waals surface area contributed by atoms with E-state index in [1.54, 1.807) is 43.3 Å². The van der Waals surface area contributed by atoms with Gasteiger partial charge in [-0.25, -0.2) is 4.79 Å². The number of hydrogen-bond donors (Lipinski definition) is 1. The van der Waals surface area contributed by atoms with Crippen LogP contribution in [0.25, 0.3) is 0 Å². The van der Waals surface area contributed by atoms with Gasteiger partial charge in [0.1, 0.15) is 0 Å². The second-order valence-corrected chi connectivity index (χ2v) is 3.89. The topological polar surface area (TPSA) is 57.6 Å². The molecule has 0 unspecified atom stereocenters. The molecule has 90 valence electrons. The van der Waals surface area contributed by atoms with E-state index in [-0.39, 0.29) is 17.8 Å². The van der Waals surface area contributed by atoms with Gasteiger partial charge in [-0.2, -0.15) is 0 Å². The zero-order valence-corrected chi connectivity index (χ0v) is 9.88. The average molecular weight is 233 g/mol. The highest BCUT2D eigenvalue weighted by atomic mass is 16.4. The predicted octanol–water partition coefficient (Wildman–Crippen LogP) is 1.79. The molecule has 0 radical (unpaired) electrons. The van der Waals surface area contributed by atoms with Gasteiger partial charge in [0.05, 0.1) is 5.57 Å². The van der Waals surface area contributed by atoms with Gasteiger partial charge < -0.3 is 10.0 Å². The van der Waals surface area contributed by atoms with E-state index < -0.39 is 5.97 Å². The Bertz CT molecular complexity index is 435. The summed E-state index contributed by atoms with van der Waals surface area (Å²) in [6.07, 6.45) is 1.35. The van der Waals surface area contributed by atoms with E-state index in [1.807, 2.05) is 6.07 Å². The fourth-order valence-corrected chi connectivity index (χ4v) is 1.39. The lowest BCUT2D eigenvalue weighted by atomic mass is 10.0. The van der Waals surface area contributed by atoms with Gasteiger partial charge in [0, 0.05) is 32.3 Å². The minimum atomic E-state index is -1.07. The van der Waals surface area contributed by atoms with E-state index in [1.165, 1.54) is 6.20 Å².